The van der Waals surface area contributed by atoms with Crippen LogP contribution in [-0.4, -0.2) is 15.3 Å². The summed E-state index contributed by atoms with van der Waals surface area (Å²) in [7, 11) is 0. The minimum Gasteiger partial charge on any atom is -0.420 e. The lowest BCUT2D eigenvalue weighted by molar-refractivity contribution is -0.455. The van der Waals surface area contributed by atoms with Crippen LogP contribution in [0.1, 0.15) is 0 Å². The van der Waals surface area contributed by atoms with Crippen LogP contribution in [0.2, 0.25) is 0 Å². The second-order valence-corrected chi connectivity index (χ2v) is 1.53. The van der Waals surface area contributed by atoms with Gasteiger partial charge in [0.15, 0.2) is 0 Å². The van der Waals surface area contributed by atoms with E-state index in [0.29, 0.717) is 0 Å². The molecule has 6 nitrogen and oxygen atoms in total. The van der Waals surface area contributed by atoms with E-state index in [1.54, 1.807) is 0 Å². The van der Waals surface area contributed by atoms with Crippen molar-refractivity contribution < 1.29 is 13.9 Å². The Morgan fingerprint density at radius 3 is 2.90 bits per heavy atom. The Hall–Kier alpha value is -1.72. The molecule has 0 aliphatic heterocycles. The predicted octanol–water partition coefficient (Wildman–Crippen LogP) is -0.461. The summed E-state index contributed by atoms with van der Waals surface area (Å²) in [6, 6.07) is 0. The van der Waals surface area contributed by atoms with Crippen LogP contribution in [0, 0.1) is 0 Å². The van der Waals surface area contributed by atoms with Gasteiger partial charge in [-0.25, -0.2) is 0 Å². The summed E-state index contributed by atoms with van der Waals surface area (Å²) in [5, 5.41) is 13.2. The molecule has 10 heavy (non-hydrogen) atoms. The van der Waals surface area contributed by atoms with E-state index >= 15 is 0 Å². The van der Waals surface area contributed by atoms with Gasteiger partial charge in [-0.05, 0) is 0 Å². The van der Waals surface area contributed by atoms with Crippen LogP contribution in [0.3, 0.4) is 0 Å². The zero-order chi connectivity index (χ0) is 6.81. The Bertz CT molecular complexity index is 255. The third-order valence-corrected chi connectivity index (χ3v) is 0.932. The van der Waals surface area contributed by atoms with Gasteiger partial charge in [0.25, 0.3) is 0 Å². The van der Waals surface area contributed by atoms with Crippen LogP contribution >= 0.6 is 0 Å². The molecule has 0 aromatic carbocycles. The third kappa shape index (κ3) is 0.661. The summed E-state index contributed by atoms with van der Waals surface area (Å²) in [6.07, 6.45) is 2.53. The predicted molar refractivity (Wildman–Crippen MR) is 26.4 cm³/mol. The second kappa shape index (κ2) is 1.90. The van der Waals surface area contributed by atoms with Crippen molar-refractivity contribution >= 4 is 0 Å². The maximum Gasteiger partial charge on any atom is 0.360 e. The highest BCUT2D eigenvalue weighted by atomic mass is 16.4. The van der Waals surface area contributed by atoms with Crippen LogP contribution < -0.4 is 5.10 Å². The van der Waals surface area contributed by atoms with Crippen LogP contribution in [0.15, 0.2) is 21.6 Å². The smallest absolute Gasteiger partial charge is 0.360 e. The number of hydrogen-bond acceptors (Lipinski definition) is 5. The molecule has 2 aromatic heterocycles. The third-order valence-electron chi connectivity index (χ3n) is 0.932. The van der Waals surface area contributed by atoms with Crippen molar-refractivity contribution in [2.75, 3.05) is 0 Å². The summed E-state index contributed by atoms with van der Waals surface area (Å²) in [5.74, 6) is 0.554. The van der Waals surface area contributed by atoms with E-state index < -0.39 is 0 Å². The maximum absolute atomic E-state index is 4.81. The zero-order valence-electron chi connectivity index (χ0n) is 4.81. The largest absolute Gasteiger partial charge is 0.420 e. The van der Waals surface area contributed by atoms with E-state index in [4.69, 9.17) is 8.83 Å². The summed E-state index contributed by atoms with van der Waals surface area (Å²) in [4.78, 5) is 0. The molecule has 0 amide bonds. The fourth-order valence-corrected chi connectivity index (χ4v) is 0.558. The minimum atomic E-state index is 0.265. The molecule has 0 saturated heterocycles. The van der Waals surface area contributed by atoms with Gasteiger partial charge in [0.1, 0.15) is 0 Å². The van der Waals surface area contributed by atoms with Crippen molar-refractivity contribution in [2.45, 2.75) is 0 Å². The average Bonchev–Trinajstić information content (AvgIpc) is 2.59. The van der Waals surface area contributed by atoms with E-state index in [1.165, 1.54) is 12.8 Å². The molecule has 0 aliphatic carbocycles. The highest BCUT2D eigenvalue weighted by Crippen LogP contribution is 2.08. The first-order valence-electron chi connectivity index (χ1n) is 2.55. The minimum absolute atomic E-state index is 0.265. The SMILES string of the molecule is c1nnc(-c2n[nH+]co2)o1. The Balaban J connectivity index is 2.48. The average molecular weight is 139 g/mol. The Labute approximate surface area is 54.9 Å². The normalized spacial score (nSPS) is 10.0. The van der Waals surface area contributed by atoms with Crippen LogP contribution in [0.25, 0.3) is 11.8 Å². The van der Waals surface area contributed by atoms with Gasteiger partial charge in [-0.1, -0.05) is 5.10 Å². The van der Waals surface area contributed by atoms with Gasteiger partial charge in [-0.15, -0.1) is 10.2 Å². The molecule has 50 valence electrons. The summed E-state index contributed by atoms with van der Waals surface area (Å²) < 4.78 is 9.59. The van der Waals surface area contributed by atoms with E-state index in [-0.39, 0.29) is 11.8 Å². The van der Waals surface area contributed by atoms with E-state index in [1.807, 2.05) is 0 Å². The molecule has 0 saturated carbocycles. The van der Waals surface area contributed by atoms with E-state index in [2.05, 4.69) is 20.4 Å². The maximum atomic E-state index is 4.81. The van der Waals surface area contributed by atoms with Crippen molar-refractivity contribution in [1.82, 2.24) is 15.3 Å². The van der Waals surface area contributed by atoms with Crippen molar-refractivity contribution in [1.29, 1.82) is 0 Å². The molecule has 0 bridgehead atoms. The lowest BCUT2D eigenvalue weighted by atomic mass is 10.7. The molecule has 0 aliphatic rings. The molecule has 6 heteroatoms. The first kappa shape index (κ1) is 5.10. The lowest BCUT2D eigenvalue weighted by Crippen LogP contribution is -1.98. The van der Waals surface area contributed by atoms with E-state index in [0.717, 1.165) is 0 Å². The molecule has 0 unspecified atom stereocenters. The summed E-state index contributed by atoms with van der Waals surface area (Å²) >= 11 is 0. The monoisotopic (exact) mass is 139 g/mol. The molecule has 0 atom stereocenters. The van der Waals surface area contributed by atoms with Crippen molar-refractivity contribution in [2.24, 2.45) is 0 Å². The first-order chi connectivity index (χ1) is 4.97. The topological polar surface area (TPSA) is 79.1 Å². The van der Waals surface area contributed by atoms with Crippen LogP contribution in [-0.2, 0) is 0 Å². The Morgan fingerprint density at radius 2 is 2.30 bits per heavy atom. The molecule has 2 aromatic rings. The van der Waals surface area contributed by atoms with Crippen LogP contribution in [0.4, 0.5) is 0 Å². The number of aromatic amines is 1. The van der Waals surface area contributed by atoms with Gasteiger partial charge in [0.05, 0.1) is 0 Å². The second-order valence-electron chi connectivity index (χ2n) is 1.53. The van der Waals surface area contributed by atoms with Crippen LogP contribution in [0.5, 0.6) is 0 Å². The Kier molecular flexibility index (Phi) is 0.970. The molecule has 1 N–H and O–H groups in total. The number of aromatic nitrogens is 4. The van der Waals surface area contributed by atoms with Crippen molar-refractivity contribution in [3.63, 3.8) is 0 Å². The first-order valence-corrected chi connectivity index (χ1v) is 2.55. The summed E-state index contributed by atoms with van der Waals surface area (Å²) in [5.41, 5.74) is 0. The van der Waals surface area contributed by atoms with Gasteiger partial charge in [-0.2, -0.15) is 0 Å². The molecule has 0 spiro atoms. The highest BCUT2D eigenvalue weighted by molar-refractivity contribution is 5.32. The summed E-state index contributed by atoms with van der Waals surface area (Å²) in [6.45, 7) is 0. The number of nitrogens with zero attached hydrogens (tertiary/aromatic N) is 3. The molecule has 0 radical (unpaired) electrons. The zero-order valence-corrected chi connectivity index (χ0v) is 4.81. The van der Waals surface area contributed by atoms with Gasteiger partial charge in [0, 0.05) is 5.10 Å². The fourth-order valence-electron chi connectivity index (χ4n) is 0.558. The number of rotatable bonds is 1. The van der Waals surface area contributed by atoms with Gasteiger partial charge >= 0.3 is 18.2 Å². The van der Waals surface area contributed by atoms with Gasteiger partial charge in [-0.3, -0.25) is 0 Å². The lowest BCUT2D eigenvalue weighted by Gasteiger charge is -1.74. The Morgan fingerprint density at radius 1 is 1.30 bits per heavy atom. The molecular formula is C4H3N4O2+. The highest BCUT2D eigenvalue weighted by Gasteiger charge is 2.11. The van der Waals surface area contributed by atoms with E-state index in [9.17, 15) is 0 Å². The molecule has 2 heterocycles. The van der Waals surface area contributed by atoms with Gasteiger partial charge < -0.3 is 8.83 Å². The van der Waals surface area contributed by atoms with Crippen molar-refractivity contribution in [3.05, 3.63) is 12.8 Å². The number of H-pyrrole nitrogens is 1. The number of nitrogens with one attached hydrogen (secondary N) is 1. The molecule has 0 fully saturated rings. The van der Waals surface area contributed by atoms with Gasteiger partial charge in [0.2, 0.25) is 6.39 Å². The number of hydrogen-bond donors (Lipinski definition) is 0. The molecular weight excluding hydrogens is 136 g/mol. The standard InChI is InChI=1S/C4H2N4O2/c1-5-7-3(9-1)4-8-6-2-10-4/h1-2H/p+1. The van der Waals surface area contributed by atoms with Crippen molar-refractivity contribution in [3.8, 4) is 11.8 Å². The molecule has 2 rings (SSSR count). The quantitative estimate of drug-likeness (QED) is 0.534. The fraction of sp³-hybridized carbons (Fsp3) is 0.